The molecule has 0 saturated carbocycles. The topological polar surface area (TPSA) is 43.4 Å². The van der Waals surface area contributed by atoms with Crippen LogP contribution in [0.3, 0.4) is 0 Å². The summed E-state index contributed by atoms with van der Waals surface area (Å²) in [6, 6.07) is 17.2. The summed E-state index contributed by atoms with van der Waals surface area (Å²) in [5, 5.41) is 3.51. The Hall–Kier alpha value is -2.90. The van der Waals surface area contributed by atoms with Crippen molar-refractivity contribution >= 4 is 33.5 Å². The standard InChI is InChI=1S/C17H10O3/c18-9-10-20-17(19)16-14-7-3-1-5-12(14)11-13-6-2-4-8-15(13)16/h1-8,10-11H. The van der Waals surface area contributed by atoms with Gasteiger partial charge in [-0.15, -0.1) is 0 Å². The van der Waals surface area contributed by atoms with Crippen LogP contribution in [0, 0.1) is 0 Å². The second-order valence-corrected chi connectivity index (χ2v) is 4.33. The van der Waals surface area contributed by atoms with E-state index in [1.165, 1.54) is 5.94 Å². The molecule has 0 saturated heterocycles. The summed E-state index contributed by atoms with van der Waals surface area (Å²) in [6.07, 6.45) is 0.735. The van der Waals surface area contributed by atoms with E-state index in [4.69, 9.17) is 4.74 Å². The van der Waals surface area contributed by atoms with Crippen LogP contribution in [0.1, 0.15) is 10.4 Å². The van der Waals surface area contributed by atoms with Gasteiger partial charge in [-0.1, -0.05) is 48.5 Å². The lowest BCUT2D eigenvalue weighted by Crippen LogP contribution is -2.03. The molecule has 3 aromatic carbocycles. The Morgan fingerprint density at radius 3 is 2.05 bits per heavy atom. The van der Waals surface area contributed by atoms with Gasteiger partial charge in [0.2, 0.25) is 0 Å². The minimum absolute atomic E-state index is 0.463. The maximum absolute atomic E-state index is 12.2. The molecular formula is C17H10O3. The number of carbonyl (C=O) groups excluding carboxylic acids is 2. The lowest BCUT2D eigenvalue weighted by atomic mass is 9.97. The summed E-state index contributed by atoms with van der Waals surface area (Å²) < 4.78 is 4.81. The average Bonchev–Trinajstić information content (AvgIpc) is 2.50. The highest BCUT2D eigenvalue weighted by molar-refractivity contribution is 6.16. The molecule has 3 aromatic rings. The molecule has 0 heterocycles. The van der Waals surface area contributed by atoms with Crippen LogP contribution in [0.25, 0.3) is 21.5 Å². The third-order valence-electron chi connectivity index (χ3n) is 3.19. The Labute approximate surface area is 115 Å². The molecule has 0 aliphatic heterocycles. The summed E-state index contributed by atoms with van der Waals surface area (Å²) in [4.78, 5) is 22.4. The van der Waals surface area contributed by atoms with Crippen molar-refractivity contribution in [3.8, 4) is 0 Å². The van der Waals surface area contributed by atoms with E-state index >= 15 is 0 Å². The van der Waals surface area contributed by atoms with E-state index in [0.29, 0.717) is 5.56 Å². The van der Waals surface area contributed by atoms with E-state index in [0.717, 1.165) is 27.8 Å². The predicted octanol–water partition coefficient (Wildman–Crippen LogP) is 3.50. The molecule has 0 radical (unpaired) electrons. The summed E-state index contributed by atoms with van der Waals surface area (Å²) in [6.45, 7) is 0. The molecule has 3 rings (SSSR count). The Morgan fingerprint density at radius 1 is 0.950 bits per heavy atom. The third kappa shape index (κ3) is 1.96. The first-order chi connectivity index (χ1) is 9.81. The number of fused-ring (bicyclic) bond motifs is 2. The zero-order valence-corrected chi connectivity index (χ0v) is 10.5. The first-order valence-corrected chi connectivity index (χ1v) is 6.12. The maximum atomic E-state index is 12.2. The summed E-state index contributed by atoms with van der Waals surface area (Å²) in [5.41, 5.74) is 0.463. The Morgan fingerprint density at radius 2 is 1.50 bits per heavy atom. The lowest BCUT2D eigenvalue weighted by molar-refractivity contribution is 0.0670. The first-order valence-electron chi connectivity index (χ1n) is 6.12. The smallest absolute Gasteiger partial charge is 0.344 e. The van der Waals surface area contributed by atoms with Gasteiger partial charge in [-0.05, 0) is 27.6 Å². The molecule has 3 heteroatoms. The zero-order valence-electron chi connectivity index (χ0n) is 10.5. The van der Waals surface area contributed by atoms with Crippen LogP contribution in [0.15, 0.2) is 60.9 Å². The van der Waals surface area contributed by atoms with Crippen molar-refractivity contribution in [1.82, 2.24) is 0 Å². The van der Waals surface area contributed by atoms with Crippen LogP contribution >= 0.6 is 0 Å². The molecule has 20 heavy (non-hydrogen) atoms. The van der Waals surface area contributed by atoms with E-state index in [1.54, 1.807) is 0 Å². The molecule has 0 aliphatic carbocycles. The molecule has 0 spiro atoms. The molecule has 0 unspecified atom stereocenters. The van der Waals surface area contributed by atoms with Gasteiger partial charge < -0.3 is 4.74 Å². The molecule has 0 atom stereocenters. The van der Waals surface area contributed by atoms with E-state index in [9.17, 15) is 9.59 Å². The molecule has 0 aromatic heterocycles. The molecule has 0 N–H and O–H groups in total. The van der Waals surface area contributed by atoms with Gasteiger partial charge in [0.25, 0.3) is 0 Å². The van der Waals surface area contributed by atoms with Crippen LogP contribution in [0.2, 0.25) is 0 Å². The fourth-order valence-corrected chi connectivity index (χ4v) is 2.37. The zero-order chi connectivity index (χ0) is 13.9. The van der Waals surface area contributed by atoms with E-state index < -0.39 is 5.97 Å². The van der Waals surface area contributed by atoms with Crippen LogP contribution in [-0.4, -0.2) is 11.9 Å². The normalized spacial score (nSPS) is 10.2. The van der Waals surface area contributed by atoms with Crippen LogP contribution in [0.5, 0.6) is 0 Å². The summed E-state index contributed by atoms with van der Waals surface area (Å²) in [5.74, 6) is 0.892. The van der Waals surface area contributed by atoms with E-state index in [-0.39, 0.29) is 0 Å². The number of carbonyl (C=O) groups is 1. The van der Waals surface area contributed by atoms with Gasteiger partial charge in [0.05, 0.1) is 5.56 Å². The molecule has 0 bridgehead atoms. The van der Waals surface area contributed by atoms with Crippen molar-refractivity contribution in [3.05, 3.63) is 66.4 Å². The lowest BCUT2D eigenvalue weighted by Gasteiger charge is -2.09. The monoisotopic (exact) mass is 262 g/mol. The molecule has 0 aliphatic rings. The van der Waals surface area contributed by atoms with Gasteiger partial charge in [-0.25, -0.2) is 9.59 Å². The number of hydrogen-bond acceptors (Lipinski definition) is 3. The van der Waals surface area contributed by atoms with Gasteiger partial charge in [-0.2, -0.15) is 0 Å². The molecule has 3 nitrogen and oxygen atoms in total. The largest absolute Gasteiger partial charge is 0.419 e. The van der Waals surface area contributed by atoms with Crippen molar-refractivity contribution < 1.29 is 14.3 Å². The van der Waals surface area contributed by atoms with Crippen molar-refractivity contribution in [1.29, 1.82) is 0 Å². The predicted molar refractivity (Wildman–Crippen MR) is 77.1 cm³/mol. The van der Waals surface area contributed by atoms with Gasteiger partial charge in [0, 0.05) is 0 Å². The number of benzene rings is 3. The van der Waals surface area contributed by atoms with Gasteiger partial charge in [0.1, 0.15) is 0 Å². The summed E-state index contributed by atoms with van der Waals surface area (Å²) >= 11 is 0. The SMILES string of the molecule is O=C=COC(=O)c1c2ccccc2cc2ccccc12. The molecule has 0 fully saturated rings. The maximum Gasteiger partial charge on any atom is 0.344 e. The highest BCUT2D eigenvalue weighted by atomic mass is 16.5. The van der Waals surface area contributed by atoms with E-state index in [2.05, 4.69) is 0 Å². The van der Waals surface area contributed by atoms with Crippen LogP contribution < -0.4 is 0 Å². The van der Waals surface area contributed by atoms with Crippen molar-refractivity contribution in [2.45, 2.75) is 0 Å². The minimum atomic E-state index is -0.554. The number of esters is 1. The Kier molecular flexibility index (Phi) is 3.04. The highest BCUT2D eigenvalue weighted by Gasteiger charge is 2.15. The second-order valence-electron chi connectivity index (χ2n) is 4.33. The first kappa shape index (κ1) is 12.2. The number of rotatable bonds is 2. The molecule has 96 valence electrons. The second kappa shape index (κ2) is 5.00. The quantitative estimate of drug-likeness (QED) is 0.307. The Bertz CT molecular complexity index is 804. The average molecular weight is 262 g/mol. The van der Waals surface area contributed by atoms with Crippen LogP contribution in [-0.2, 0) is 9.53 Å². The fourth-order valence-electron chi connectivity index (χ4n) is 2.37. The highest BCUT2D eigenvalue weighted by Crippen LogP contribution is 2.28. The molecule has 0 amide bonds. The van der Waals surface area contributed by atoms with Gasteiger partial charge in [0.15, 0.2) is 12.2 Å². The number of ether oxygens (including phenoxy) is 1. The van der Waals surface area contributed by atoms with E-state index in [1.807, 2.05) is 54.6 Å². The van der Waals surface area contributed by atoms with Crippen molar-refractivity contribution in [2.75, 3.05) is 0 Å². The number of hydrogen-bond donors (Lipinski definition) is 0. The minimum Gasteiger partial charge on any atom is -0.419 e. The molecular weight excluding hydrogens is 252 g/mol. The third-order valence-corrected chi connectivity index (χ3v) is 3.19. The summed E-state index contributed by atoms with van der Waals surface area (Å²) in [7, 11) is 0. The fraction of sp³-hybridized carbons (Fsp3) is 0. The van der Waals surface area contributed by atoms with Gasteiger partial charge in [-0.3, -0.25) is 0 Å². The van der Waals surface area contributed by atoms with Crippen LogP contribution in [0.4, 0.5) is 0 Å². The van der Waals surface area contributed by atoms with Gasteiger partial charge >= 0.3 is 5.97 Å². The van der Waals surface area contributed by atoms with Crippen molar-refractivity contribution in [3.63, 3.8) is 0 Å². The Balaban J connectivity index is 2.38. The van der Waals surface area contributed by atoms with Crippen molar-refractivity contribution in [2.24, 2.45) is 0 Å².